The van der Waals surface area contributed by atoms with Crippen molar-refractivity contribution >= 4 is 28.4 Å². The molecule has 1 fully saturated rings. The van der Waals surface area contributed by atoms with Gasteiger partial charge < -0.3 is 10.2 Å². The molecule has 5 rings (SSSR count). The Hall–Kier alpha value is -2.57. The number of nitrogens with one attached hydrogen (secondary N) is 1. The fourth-order valence-corrected chi connectivity index (χ4v) is 4.73. The number of benzene rings is 1. The van der Waals surface area contributed by atoms with E-state index in [9.17, 15) is 4.79 Å². The molecule has 148 valence electrons. The van der Waals surface area contributed by atoms with Crippen molar-refractivity contribution in [3.8, 4) is 0 Å². The van der Waals surface area contributed by atoms with E-state index >= 15 is 0 Å². The highest BCUT2D eigenvalue weighted by Gasteiger charge is 2.26. The van der Waals surface area contributed by atoms with Gasteiger partial charge in [0.15, 0.2) is 0 Å². The molecule has 1 atom stereocenters. The summed E-state index contributed by atoms with van der Waals surface area (Å²) in [7, 11) is 0. The number of hydrogen-bond acceptors (Lipinski definition) is 5. The maximum absolute atomic E-state index is 12.9. The number of nitrogens with zero attached hydrogens (tertiary/aromatic N) is 4. The lowest BCUT2D eigenvalue weighted by Gasteiger charge is -2.28. The Balaban J connectivity index is 1.49. The van der Waals surface area contributed by atoms with Gasteiger partial charge in [0.2, 0.25) is 0 Å². The van der Waals surface area contributed by atoms with Gasteiger partial charge in [-0.25, -0.2) is 9.97 Å². The lowest BCUT2D eigenvalue weighted by atomic mass is 9.84. The van der Waals surface area contributed by atoms with Gasteiger partial charge in [-0.05, 0) is 43.0 Å². The zero-order valence-electron chi connectivity index (χ0n) is 16.1. The van der Waals surface area contributed by atoms with Gasteiger partial charge in [-0.15, -0.1) is 0 Å². The number of hydrogen-bond donors (Lipinski definition) is 1. The second kappa shape index (κ2) is 7.69. The fourth-order valence-electron chi connectivity index (χ4n) is 4.37. The Morgan fingerprint density at radius 3 is 2.86 bits per heavy atom. The first-order chi connectivity index (χ1) is 14.2. The number of aromatic nitrogens is 3. The number of carbonyl (C=O) groups is 1. The summed E-state index contributed by atoms with van der Waals surface area (Å²) < 4.78 is 0. The van der Waals surface area contributed by atoms with Crippen molar-refractivity contribution in [1.82, 2.24) is 25.2 Å². The van der Waals surface area contributed by atoms with Crippen LogP contribution in [0.25, 0.3) is 10.9 Å². The van der Waals surface area contributed by atoms with Crippen LogP contribution in [0.5, 0.6) is 0 Å². The first-order valence-corrected chi connectivity index (χ1v) is 10.5. The van der Waals surface area contributed by atoms with Crippen molar-refractivity contribution in [2.75, 3.05) is 26.2 Å². The SMILES string of the molecule is O=C(c1ccc2c(Cl)c3c(nc2c1)CC(c1ccncn1)CC3)N1CCNCC1. The number of pyridine rings is 1. The lowest BCUT2D eigenvalue weighted by Crippen LogP contribution is -2.46. The highest BCUT2D eigenvalue weighted by molar-refractivity contribution is 6.36. The van der Waals surface area contributed by atoms with Gasteiger partial charge in [0.25, 0.3) is 5.91 Å². The van der Waals surface area contributed by atoms with Crippen LogP contribution in [0, 0.1) is 0 Å². The van der Waals surface area contributed by atoms with Crippen LogP contribution < -0.4 is 5.32 Å². The summed E-state index contributed by atoms with van der Waals surface area (Å²) in [4.78, 5) is 28.1. The normalized spacial score (nSPS) is 19.2. The van der Waals surface area contributed by atoms with Crippen LogP contribution in [-0.2, 0) is 12.8 Å². The second-order valence-electron chi connectivity index (χ2n) is 7.70. The zero-order chi connectivity index (χ0) is 19.8. The molecule has 1 unspecified atom stereocenters. The zero-order valence-corrected chi connectivity index (χ0v) is 16.8. The molecule has 1 amide bonds. The van der Waals surface area contributed by atoms with Gasteiger partial charge >= 0.3 is 0 Å². The highest BCUT2D eigenvalue weighted by Crippen LogP contribution is 2.37. The topological polar surface area (TPSA) is 71.0 Å². The molecule has 3 heterocycles. The van der Waals surface area contributed by atoms with Gasteiger partial charge in [0.05, 0.1) is 10.5 Å². The third-order valence-electron chi connectivity index (χ3n) is 5.96. The van der Waals surface area contributed by atoms with E-state index < -0.39 is 0 Å². The number of rotatable bonds is 2. The molecule has 29 heavy (non-hydrogen) atoms. The average molecular weight is 408 g/mol. The van der Waals surface area contributed by atoms with Gasteiger partial charge in [0, 0.05) is 60.6 Å². The molecule has 3 aromatic rings. The van der Waals surface area contributed by atoms with E-state index in [0.717, 1.165) is 78.3 Å². The second-order valence-corrected chi connectivity index (χ2v) is 8.08. The van der Waals surface area contributed by atoms with Crippen LogP contribution >= 0.6 is 11.6 Å². The molecular formula is C22H22ClN5O. The minimum atomic E-state index is 0.0582. The lowest BCUT2D eigenvalue weighted by molar-refractivity contribution is 0.0736. The van der Waals surface area contributed by atoms with Crippen LogP contribution in [0.15, 0.2) is 36.8 Å². The molecule has 0 spiro atoms. The van der Waals surface area contributed by atoms with Crippen molar-refractivity contribution in [2.45, 2.75) is 25.2 Å². The summed E-state index contributed by atoms with van der Waals surface area (Å²) in [6.45, 7) is 3.13. The van der Waals surface area contributed by atoms with Crippen LogP contribution in [0.4, 0.5) is 0 Å². The van der Waals surface area contributed by atoms with Crippen molar-refractivity contribution in [2.24, 2.45) is 0 Å². The van der Waals surface area contributed by atoms with Crippen LogP contribution in [0.2, 0.25) is 5.02 Å². The number of halogens is 1. The van der Waals surface area contributed by atoms with Crippen LogP contribution in [0.1, 0.15) is 39.6 Å². The van der Waals surface area contributed by atoms with E-state index in [4.69, 9.17) is 16.6 Å². The molecule has 2 aromatic heterocycles. The van der Waals surface area contributed by atoms with E-state index in [0.29, 0.717) is 11.5 Å². The molecule has 7 heteroatoms. The van der Waals surface area contributed by atoms with Crippen molar-refractivity contribution in [3.05, 3.63) is 64.3 Å². The fraction of sp³-hybridized carbons (Fsp3) is 0.364. The first-order valence-electron chi connectivity index (χ1n) is 10.1. The van der Waals surface area contributed by atoms with E-state index in [1.807, 2.05) is 29.2 Å². The van der Waals surface area contributed by atoms with E-state index in [1.54, 1.807) is 12.5 Å². The quantitative estimate of drug-likeness (QED) is 0.707. The molecule has 1 aromatic carbocycles. The molecular weight excluding hydrogens is 386 g/mol. The Bertz CT molecular complexity index is 1070. The van der Waals surface area contributed by atoms with E-state index in [1.165, 1.54) is 0 Å². The Morgan fingerprint density at radius 1 is 1.21 bits per heavy atom. The summed E-state index contributed by atoms with van der Waals surface area (Å²) in [5.41, 5.74) is 4.66. The largest absolute Gasteiger partial charge is 0.336 e. The molecule has 0 saturated carbocycles. The molecule has 1 aliphatic carbocycles. The molecule has 1 aliphatic heterocycles. The highest BCUT2D eigenvalue weighted by atomic mass is 35.5. The number of carbonyl (C=O) groups excluding carboxylic acids is 1. The molecule has 2 aliphatic rings. The van der Waals surface area contributed by atoms with Crippen LogP contribution in [-0.4, -0.2) is 51.9 Å². The maximum Gasteiger partial charge on any atom is 0.254 e. The smallest absolute Gasteiger partial charge is 0.254 e. The first kappa shape index (κ1) is 18.5. The molecule has 6 nitrogen and oxygen atoms in total. The third kappa shape index (κ3) is 3.47. The molecule has 1 N–H and O–H groups in total. The predicted octanol–water partition coefficient (Wildman–Crippen LogP) is 3.00. The van der Waals surface area contributed by atoms with Gasteiger partial charge in [-0.1, -0.05) is 17.7 Å². The van der Waals surface area contributed by atoms with Crippen molar-refractivity contribution in [3.63, 3.8) is 0 Å². The van der Waals surface area contributed by atoms with Gasteiger partial charge in [0.1, 0.15) is 6.33 Å². The van der Waals surface area contributed by atoms with Crippen molar-refractivity contribution < 1.29 is 4.79 Å². The summed E-state index contributed by atoms with van der Waals surface area (Å²) >= 11 is 6.76. The third-order valence-corrected chi connectivity index (χ3v) is 6.39. The van der Waals surface area contributed by atoms with Gasteiger partial charge in [-0.2, -0.15) is 0 Å². The van der Waals surface area contributed by atoms with Crippen molar-refractivity contribution in [1.29, 1.82) is 0 Å². The summed E-state index contributed by atoms with van der Waals surface area (Å²) in [5, 5.41) is 4.97. The van der Waals surface area contributed by atoms with Crippen LogP contribution in [0.3, 0.4) is 0 Å². The molecule has 0 bridgehead atoms. The molecule has 1 saturated heterocycles. The summed E-state index contributed by atoms with van der Waals surface area (Å²) in [5.74, 6) is 0.375. The minimum Gasteiger partial charge on any atom is -0.336 e. The van der Waals surface area contributed by atoms with E-state index in [-0.39, 0.29) is 5.91 Å². The Morgan fingerprint density at radius 2 is 2.07 bits per heavy atom. The number of amides is 1. The Kier molecular flexibility index (Phi) is 4.89. The summed E-state index contributed by atoms with van der Waals surface area (Å²) in [6, 6.07) is 7.68. The summed E-state index contributed by atoms with van der Waals surface area (Å²) in [6.07, 6.45) is 6.06. The van der Waals surface area contributed by atoms with E-state index in [2.05, 4.69) is 15.3 Å². The van der Waals surface area contributed by atoms with Gasteiger partial charge in [-0.3, -0.25) is 9.78 Å². The maximum atomic E-state index is 12.9. The number of fused-ring (bicyclic) bond motifs is 2. The molecule has 0 radical (unpaired) electrons. The minimum absolute atomic E-state index is 0.0582. The standard InChI is InChI=1S/C22H22ClN5O/c23-21-16-3-1-14(18-5-6-25-13-26-18)11-19(16)27-20-12-15(2-4-17(20)21)22(29)28-9-7-24-8-10-28/h2,4-6,12-14,24H,1,3,7-11H2. The monoisotopic (exact) mass is 407 g/mol. The predicted molar refractivity (Wildman–Crippen MR) is 112 cm³/mol. The average Bonchev–Trinajstić information content (AvgIpc) is 2.79. The number of piperazine rings is 1. The Labute approximate surface area is 174 Å².